The Hall–Kier alpha value is -2.55. The van der Waals surface area contributed by atoms with Crippen molar-refractivity contribution in [2.45, 2.75) is 13.8 Å². The second-order valence-corrected chi connectivity index (χ2v) is 4.94. The van der Waals surface area contributed by atoms with Crippen LogP contribution in [-0.2, 0) is 0 Å². The van der Waals surface area contributed by atoms with Crippen LogP contribution in [0.25, 0.3) is 0 Å². The lowest BCUT2D eigenvalue weighted by molar-refractivity contribution is 0.0967. The molecule has 0 spiro atoms. The summed E-state index contributed by atoms with van der Waals surface area (Å²) in [5.41, 5.74) is 2.49. The molecule has 0 aromatic heterocycles. The van der Waals surface area contributed by atoms with Crippen LogP contribution in [0.2, 0.25) is 0 Å². The molecule has 20 heavy (non-hydrogen) atoms. The Morgan fingerprint density at radius 3 is 2.05 bits per heavy atom. The van der Waals surface area contributed by atoms with E-state index in [4.69, 9.17) is 0 Å². The molecule has 3 rings (SSSR count). The highest BCUT2D eigenvalue weighted by Crippen LogP contribution is 2.31. The highest BCUT2D eigenvalue weighted by atomic mass is 16.1. The molecule has 1 aliphatic rings. The van der Waals surface area contributed by atoms with Crippen molar-refractivity contribution in [1.82, 2.24) is 0 Å². The topological polar surface area (TPSA) is 51.2 Å². The van der Waals surface area contributed by atoms with Crippen molar-refractivity contribution < 1.29 is 14.4 Å². The van der Waals surface area contributed by atoms with Crippen molar-refractivity contribution in [3.63, 3.8) is 0 Å². The van der Waals surface area contributed by atoms with Crippen LogP contribution in [0.4, 0.5) is 0 Å². The zero-order valence-electron chi connectivity index (χ0n) is 11.2. The maximum Gasteiger partial charge on any atom is 0.195 e. The maximum absolute atomic E-state index is 12.6. The van der Waals surface area contributed by atoms with Gasteiger partial charge < -0.3 is 0 Å². The normalized spacial score (nSPS) is 12.9. The van der Waals surface area contributed by atoms with E-state index in [-0.39, 0.29) is 22.9 Å². The summed E-state index contributed by atoms with van der Waals surface area (Å²) >= 11 is 0. The molecule has 0 amide bonds. The highest BCUT2D eigenvalue weighted by molar-refractivity contribution is 6.31. The third-order valence-electron chi connectivity index (χ3n) is 3.66. The number of hydrogen-bond donors (Lipinski definition) is 0. The van der Waals surface area contributed by atoms with Crippen LogP contribution in [0, 0.1) is 6.92 Å². The minimum absolute atomic E-state index is 0.184. The molecule has 0 saturated heterocycles. The number of rotatable bonds is 1. The number of fused-ring (bicyclic) bond motifs is 2. The fourth-order valence-corrected chi connectivity index (χ4v) is 2.71. The number of ketones is 3. The fourth-order valence-electron chi connectivity index (χ4n) is 2.71. The van der Waals surface area contributed by atoms with Gasteiger partial charge in [-0.2, -0.15) is 0 Å². The first-order valence-corrected chi connectivity index (χ1v) is 6.35. The zero-order valence-corrected chi connectivity index (χ0v) is 11.2. The Labute approximate surface area is 116 Å². The van der Waals surface area contributed by atoms with Crippen molar-refractivity contribution in [1.29, 1.82) is 0 Å². The van der Waals surface area contributed by atoms with Crippen LogP contribution in [0.1, 0.15) is 54.7 Å². The molecule has 0 fully saturated rings. The zero-order chi connectivity index (χ0) is 14.4. The summed E-state index contributed by atoms with van der Waals surface area (Å²) in [5, 5.41) is 0. The van der Waals surface area contributed by atoms with E-state index in [0.29, 0.717) is 22.3 Å². The van der Waals surface area contributed by atoms with Gasteiger partial charge in [0.05, 0.1) is 0 Å². The largest absolute Gasteiger partial charge is 0.294 e. The standard InChI is InChI=1S/C17H12O3/c1-9-5-3-7-12-14(9)16(19)13-8-4-6-11(10(2)18)15(13)17(12)20/h3-8H,1-2H3. The lowest BCUT2D eigenvalue weighted by Gasteiger charge is -2.20. The van der Waals surface area contributed by atoms with Gasteiger partial charge in [-0.25, -0.2) is 0 Å². The second kappa shape index (κ2) is 4.23. The first kappa shape index (κ1) is 12.5. The number of hydrogen-bond acceptors (Lipinski definition) is 3. The Kier molecular flexibility index (Phi) is 2.64. The number of aryl methyl sites for hydroxylation is 1. The van der Waals surface area contributed by atoms with Crippen molar-refractivity contribution >= 4 is 17.3 Å². The third kappa shape index (κ3) is 1.56. The average Bonchev–Trinajstić information content (AvgIpc) is 2.43. The van der Waals surface area contributed by atoms with Crippen molar-refractivity contribution in [3.05, 3.63) is 69.8 Å². The molecule has 0 saturated carbocycles. The number of benzene rings is 2. The molecule has 0 unspecified atom stereocenters. The summed E-state index contributed by atoms with van der Waals surface area (Å²) in [5.74, 6) is -0.640. The van der Waals surface area contributed by atoms with Crippen LogP contribution in [0.5, 0.6) is 0 Å². The predicted molar refractivity (Wildman–Crippen MR) is 74.5 cm³/mol. The average molecular weight is 264 g/mol. The van der Waals surface area contributed by atoms with Gasteiger partial charge in [0.2, 0.25) is 0 Å². The molecule has 0 aliphatic heterocycles. The SMILES string of the molecule is CC(=O)c1cccc2c1C(=O)c1cccc(C)c1C2=O. The van der Waals surface area contributed by atoms with E-state index in [1.54, 1.807) is 30.3 Å². The van der Waals surface area contributed by atoms with Gasteiger partial charge in [-0.05, 0) is 19.4 Å². The molecule has 1 aliphatic carbocycles. The van der Waals surface area contributed by atoms with E-state index in [2.05, 4.69) is 0 Å². The van der Waals surface area contributed by atoms with Gasteiger partial charge in [0.1, 0.15) is 0 Å². The van der Waals surface area contributed by atoms with E-state index < -0.39 is 0 Å². The molecule has 0 N–H and O–H groups in total. The Morgan fingerprint density at radius 1 is 0.850 bits per heavy atom. The molecule has 3 nitrogen and oxygen atoms in total. The van der Waals surface area contributed by atoms with Crippen LogP contribution >= 0.6 is 0 Å². The van der Waals surface area contributed by atoms with E-state index in [9.17, 15) is 14.4 Å². The van der Waals surface area contributed by atoms with E-state index in [0.717, 1.165) is 5.56 Å². The smallest absolute Gasteiger partial charge is 0.195 e. The first-order chi connectivity index (χ1) is 9.52. The van der Waals surface area contributed by atoms with Crippen molar-refractivity contribution in [2.75, 3.05) is 0 Å². The lowest BCUT2D eigenvalue weighted by Crippen LogP contribution is -2.24. The molecule has 3 heteroatoms. The molecule has 0 bridgehead atoms. The molecular formula is C17H12O3. The van der Waals surface area contributed by atoms with E-state index >= 15 is 0 Å². The number of carbonyl (C=O) groups is 3. The summed E-state index contributed by atoms with van der Waals surface area (Å²) in [4.78, 5) is 36.9. The number of carbonyl (C=O) groups excluding carboxylic acids is 3. The Bertz CT molecular complexity index is 785. The highest BCUT2D eigenvalue weighted by Gasteiger charge is 2.33. The van der Waals surface area contributed by atoms with E-state index in [1.165, 1.54) is 6.92 Å². The summed E-state index contributed by atoms with van der Waals surface area (Å²) in [6, 6.07) is 10.0. The van der Waals surface area contributed by atoms with Crippen molar-refractivity contribution in [3.8, 4) is 0 Å². The molecule has 0 radical (unpaired) electrons. The van der Waals surface area contributed by atoms with Crippen LogP contribution in [0.15, 0.2) is 36.4 Å². The van der Waals surface area contributed by atoms with Crippen LogP contribution in [0.3, 0.4) is 0 Å². The molecule has 98 valence electrons. The van der Waals surface area contributed by atoms with Gasteiger partial charge in [0, 0.05) is 27.8 Å². The molecule has 0 heterocycles. The monoisotopic (exact) mass is 264 g/mol. The van der Waals surface area contributed by atoms with Gasteiger partial charge in [-0.15, -0.1) is 0 Å². The van der Waals surface area contributed by atoms with E-state index in [1.807, 2.05) is 13.0 Å². The predicted octanol–water partition coefficient (Wildman–Crippen LogP) is 2.97. The number of Topliss-reactive ketones (excluding diaryl/α,β-unsaturated/α-hetero) is 1. The Balaban J connectivity index is 2.38. The summed E-state index contributed by atoms with van der Waals surface area (Å²) < 4.78 is 0. The van der Waals surface area contributed by atoms with Gasteiger partial charge in [0.15, 0.2) is 17.3 Å². The quantitative estimate of drug-likeness (QED) is 0.635. The minimum Gasteiger partial charge on any atom is -0.294 e. The first-order valence-electron chi connectivity index (χ1n) is 6.35. The van der Waals surface area contributed by atoms with Gasteiger partial charge >= 0.3 is 0 Å². The fraction of sp³-hybridized carbons (Fsp3) is 0.118. The Morgan fingerprint density at radius 2 is 1.40 bits per heavy atom. The molecule has 0 atom stereocenters. The molecule has 2 aromatic carbocycles. The maximum atomic E-state index is 12.6. The van der Waals surface area contributed by atoms with Gasteiger partial charge in [-0.1, -0.05) is 36.4 Å². The summed E-state index contributed by atoms with van der Waals surface area (Å²) in [6.45, 7) is 3.21. The van der Waals surface area contributed by atoms with Crippen molar-refractivity contribution in [2.24, 2.45) is 0 Å². The van der Waals surface area contributed by atoms with Gasteiger partial charge in [0.25, 0.3) is 0 Å². The lowest BCUT2D eigenvalue weighted by atomic mass is 9.79. The molecular weight excluding hydrogens is 252 g/mol. The minimum atomic E-state index is -0.246. The summed E-state index contributed by atoms with van der Waals surface area (Å²) in [7, 11) is 0. The van der Waals surface area contributed by atoms with Gasteiger partial charge in [-0.3, -0.25) is 14.4 Å². The molecule has 2 aromatic rings. The van der Waals surface area contributed by atoms with Crippen LogP contribution < -0.4 is 0 Å². The summed E-state index contributed by atoms with van der Waals surface area (Å²) in [6.07, 6.45) is 0. The van der Waals surface area contributed by atoms with Crippen LogP contribution in [-0.4, -0.2) is 17.3 Å². The third-order valence-corrected chi connectivity index (χ3v) is 3.66. The second-order valence-electron chi connectivity index (χ2n) is 4.94.